The molecular weight excluding hydrogens is 325 g/mol. The zero-order valence-corrected chi connectivity index (χ0v) is 14.2. The summed E-state index contributed by atoms with van der Waals surface area (Å²) in [7, 11) is 3.73. The second-order valence-electron chi connectivity index (χ2n) is 5.67. The number of halogens is 1. The van der Waals surface area contributed by atoms with Gasteiger partial charge in [0.05, 0.1) is 19.4 Å². The summed E-state index contributed by atoms with van der Waals surface area (Å²) in [6.07, 6.45) is 1.58. The Morgan fingerprint density at radius 3 is 2.56 bits per heavy atom. The number of nitrogens with one attached hydrogen (secondary N) is 1. The van der Waals surface area contributed by atoms with Gasteiger partial charge in [-0.25, -0.2) is 9.82 Å². The number of anilines is 3. The lowest BCUT2D eigenvalue weighted by Gasteiger charge is -2.27. The fourth-order valence-corrected chi connectivity index (χ4v) is 2.22. The Kier molecular flexibility index (Phi) is 5.34. The predicted molar refractivity (Wildman–Crippen MR) is 94.8 cm³/mol. The molecule has 8 nitrogen and oxygen atoms in total. The predicted octanol–water partition coefficient (Wildman–Crippen LogP) is 1.36. The molecule has 1 N–H and O–H groups in total. The Hall–Kier alpha value is -2.81. The van der Waals surface area contributed by atoms with Crippen molar-refractivity contribution in [1.29, 1.82) is 0 Å². The molecule has 0 unspecified atom stereocenters. The van der Waals surface area contributed by atoms with Crippen molar-refractivity contribution in [3.63, 3.8) is 0 Å². The van der Waals surface area contributed by atoms with Gasteiger partial charge in [0.2, 0.25) is 17.8 Å². The van der Waals surface area contributed by atoms with Crippen LogP contribution in [0.3, 0.4) is 0 Å². The summed E-state index contributed by atoms with van der Waals surface area (Å²) in [5.41, 5.74) is 3.58. The highest BCUT2D eigenvalue weighted by molar-refractivity contribution is 5.79. The van der Waals surface area contributed by atoms with E-state index in [2.05, 4.69) is 25.5 Å². The van der Waals surface area contributed by atoms with Crippen molar-refractivity contribution in [3.8, 4) is 0 Å². The minimum absolute atomic E-state index is 0.284. The van der Waals surface area contributed by atoms with E-state index in [1.165, 1.54) is 12.1 Å². The maximum Gasteiger partial charge on any atom is 0.250 e. The van der Waals surface area contributed by atoms with Gasteiger partial charge in [0.15, 0.2) is 0 Å². The summed E-state index contributed by atoms with van der Waals surface area (Å²) < 4.78 is 18.3. The summed E-state index contributed by atoms with van der Waals surface area (Å²) in [6, 6.07) is 6.03. The molecule has 0 saturated carbocycles. The van der Waals surface area contributed by atoms with Gasteiger partial charge in [0, 0.05) is 27.2 Å². The Morgan fingerprint density at radius 1 is 1.16 bits per heavy atom. The SMILES string of the molecule is CN(C)c1nc(N/N=C\c2ccc(F)cc2)nc(N2CCOCC2)n1. The molecule has 0 amide bonds. The highest BCUT2D eigenvalue weighted by atomic mass is 19.1. The van der Waals surface area contributed by atoms with Gasteiger partial charge in [-0.3, -0.25) is 0 Å². The second-order valence-corrected chi connectivity index (χ2v) is 5.67. The first-order valence-corrected chi connectivity index (χ1v) is 7.92. The van der Waals surface area contributed by atoms with Gasteiger partial charge in [-0.05, 0) is 17.7 Å². The number of hydrogen-bond acceptors (Lipinski definition) is 8. The summed E-state index contributed by atoms with van der Waals surface area (Å²) >= 11 is 0. The smallest absolute Gasteiger partial charge is 0.250 e. The van der Waals surface area contributed by atoms with Crippen LogP contribution in [-0.4, -0.2) is 61.6 Å². The van der Waals surface area contributed by atoms with Gasteiger partial charge in [-0.15, -0.1) is 0 Å². The van der Waals surface area contributed by atoms with E-state index in [1.54, 1.807) is 23.2 Å². The molecule has 0 atom stereocenters. The molecule has 1 saturated heterocycles. The van der Waals surface area contributed by atoms with Gasteiger partial charge >= 0.3 is 0 Å². The first-order chi connectivity index (χ1) is 12.1. The van der Waals surface area contributed by atoms with Gasteiger partial charge in [-0.1, -0.05) is 12.1 Å². The number of ether oxygens (including phenoxy) is 1. The van der Waals surface area contributed by atoms with Crippen LogP contribution in [0.1, 0.15) is 5.56 Å². The van der Waals surface area contributed by atoms with Crippen LogP contribution < -0.4 is 15.2 Å². The molecule has 0 bridgehead atoms. The molecule has 3 rings (SSSR count). The third-order valence-corrected chi connectivity index (χ3v) is 3.55. The molecule has 1 aromatic heterocycles. The van der Waals surface area contributed by atoms with Crippen LogP contribution in [0.2, 0.25) is 0 Å². The molecule has 2 aromatic rings. The van der Waals surface area contributed by atoms with Crippen LogP contribution >= 0.6 is 0 Å². The van der Waals surface area contributed by atoms with E-state index in [1.807, 2.05) is 19.0 Å². The topological polar surface area (TPSA) is 78.8 Å². The van der Waals surface area contributed by atoms with Crippen molar-refractivity contribution in [1.82, 2.24) is 15.0 Å². The highest BCUT2D eigenvalue weighted by Gasteiger charge is 2.17. The number of nitrogens with zero attached hydrogens (tertiary/aromatic N) is 6. The quantitative estimate of drug-likeness (QED) is 0.647. The maximum absolute atomic E-state index is 12.9. The van der Waals surface area contributed by atoms with Crippen LogP contribution in [0.4, 0.5) is 22.2 Å². The van der Waals surface area contributed by atoms with Crippen molar-refractivity contribution in [2.24, 2.45) is 5.10 Å². The molecule has 1 aliphatic heterocycles. The van der Waals surface area contributed by atoms with Gasteiger partial charge < -0.3 is 14.5 Å². The Labute approximate surface area is 145 Å². The van der Waals surface area contributed by atoms with Crippen LogP contribution in [-0.2, 0) is 4.74 Å². The molecule has 25 heavy (non-hydrogen) atoms. The van der Waals surface area contributed by atoms with E-state index < -0.39 is 0 Å². The first kappa shape index (κ1) is 17.0. The fourth-order valence-electron chi connectivity index (χ4n) is 2.22. The third kappa shape index (κ3) is 4.60. The minimum atomic E-state index is -0.284. The normalized spacial score (nSPS) is 14.8. The Balaban J connectivity index is 1.77. The second kappa shape index (κ2) is 7.84. The van der Waals surface area contributed by atoms with Crippen molar-refractivity contribution in [2.45, 2.75) is 0 Å². The van der Waals surface area contributed by atoms with E-state index in [9.17, 15) is 4.39 Å². The van der Waals surface area contributed by atoms with E-state index >= 15 is 0 Å². The number of hydrogen-bond donors (Lipinski definition) is 1. The average molecular weight is 345 g/mol. The van der Waals surface area contributed by atoms with Gasteiger partial charge in [-0.2, -0.15) is 20.1 Å². The number of rotatable bonds is 5. The lowest BCUT2D eigenvalue weighted by molar-refractivity contribution is 0.122. The van der Waals surface area contributed by atoms with Crippen molar-refractivity contribution in [2.75, 3.05) is 55.6 Å². The number of aromatic nitrogens is 3. The average Bonchev–Trinajstić information content (AvgIpc) is 2.64. The van der Waals surface area contributed by atoms with Gasteiger partial charge in [0.25, 0.3) is 0 Å². The number of morpholine rings is 1. The molecule has 0 spiro atoms. The van der Waals surface area contributed by atoms with Crippen molar-refractivity contribution in [3.05, 3.63) is 35.6 Å². The number of hydrazone groups is 1. The molecule has 1 aliphatic rings. The van der Waals surface area contributed by atoms with E-state index in [4.69, 9.17) is 4.74 Å². The summed E-state index contributed by atoms with van der Waals surface area (Å²) in [5, 5.41) is 4.12. The fraction of sp³-hybridized carbons (Fsp3) is 0.375. The first-order valence-electron chi connectivity index (χ1n) is 7.92. The van der Waals surface area contributed by atoms with Crippen molar-refractivity contribution < 1.29 is 9.13 Å². The van der Waals surface area contributed by atoms with E-state index in [0.29, 0.717) is 31.1 Å². The molecule has 1 aromatic carbocycles. The summed E-state index contributed by atoms with van der Waals surface area (Å²) in [4.78, 5) is 17.1. The van der Waals surface area contributed by atoms with E-state index in [0.717, 1.165) is 18.7 Å². The molecule has 132 valence electrons. The highest BCUT2D eigenvalue weighted by Crippen LogP contribution is 2.16. The standard InChI is InChI=1S/C16H20FN7O/c1-23(2)15-19-14(20-16(21-15)24-7-9-25-10-8-24)22-18-11-12-3-5-13(17)6-4-12/h3-6,11H,7-10H2,1-2H3,(H,19,20,21,22)/b18-11-. The van der Waals surface area contributed by atoms with Crippen LogP contribution in [0.25, 0.3) is 0 Å². The molecule has 0 radical (unpaired) electrons. The summed E-state index contributed by atoms with van der Waals surface area (Å²) in [5.74, 6) is 1.18. The minimum Gasteiger partial charge on any atom is -0.378 e. The zero-order chi connectivity index (χ0) is 17.6. The molecular formula is C16H20FN7O. The lowest BCUT2D eigenvalue weighted by Crippen LogP contribution is -2.37. The monoisotopic (exact) mass is 345 g/mol. The van der Waals surface area contributed by atoms with E-state index in [-0.39, 0.29) is 5.82 Å². The number of benzene rings is 1. The van der Waals surface area contributed by atoms with Crippen LogP contribution in [0, 0.1) is 5.82 Å². The maximum atomic E-state index is 12.9. The Morgan fingerprint density at radius 2 is 1.88 bits per heavy atom. The summed E-state index contributed by atoms with van der Waals surface area (Å²) in [6.45, 7) is 2.76. The van der Waals surface area contributed by atoms with Crippen LogP contribution in [0.5, 0.6) is 0 Å². The zero-order valence-electron chi connectivity index (χ0n) is 14.2. The van der Waals surface area contributed by atoms with Crippen molar-refractivity contribution >= 4 is 24.1 Å². The molecule has 2 heterocycles. The molecule has 9 heteroatoms. The Bertz CT molecular complexity index is 730. The largest absolute Gasteiger partial charge is 0.378 e. The molecule has 1 fully saturated rings. The third-order valence-electron chi connectivity index (χ3n) is 3.55. The van der Waals surface area contributed by atoms with Crippen LogP contribution in [0.15, 0.2) is 29.4 Å². The lowest BCUT2D eigenvalue weighted by atomic mass is 10.2. The van der Waals surface area contributed by atoms with Gasteiger partial charge in [0.1, 0.15) is 5.82 Å². The molecule has 0 aliphatic carbocycles.